The summed E-state index contributed by atoms with van der Waals surface area (Å²) in [6.07, 6.45) is 2.23. The second kappa shape index (κ2) is 10.2. The summed E-state index contributed by atoms with van der Waals surface area (Å²) in [5.41, 5.74) is -0.0198. The average Bonchev–Trinajstić information content (AvgIpc) is 2.65. The van der Waals surface area contributed by atoms with E-state index in [0.29, 0.717) is 30.9 Å². The molecule has 0 aliphatic heterocycles. The van der Waals surface area contributed by atoms with Crippen molar-refractivity contribution < 1.29 is 24.5 Å². The van der Waals surface area contributed by atoms with Crippen LogP contribution in [0.15, 0.2) is 24.3 Å². The first-order valence-electron chi connectivity index (χ1n) is 10.6. The van der Waals surface area contributed by atoms with Gasteiger partial charge in [0, 0.05) is 6.54 Å². The first-order chi connectivity index (χ1) is 13.6. The number of carbonyl (C=O) groups excluding carboxylic acids is 2. The summed E-state index contributed by atoms with van der Waals surface area (Å²) in [5.74, 6) is -0.254. The van der Waals surface area contributed by atoms with Crippen molar-refractivity contribution in [2.45, 2.75) is 65.1 Å². The molecule has 0 radical (unpaired) electrons. The minimum atomic E-state index is -1.32. The van der Waals surface area contributed by atoms with Crippen molar-refractivity contribution >= 4 is 11.9 Å². The lowest BCUT2D eigenvalue weighted by Gasteiger charge is -2.43. The van der Waals surface area contributed by atoms with Gasteiger partial charge in [-0.25, -0.2) is 4.79 Å². The Morgan fingerprint density at radius 2 is 2.00 bits per heavy atom. The minimum Gasteiger partial charge on any atom is -0.459 e. The molecule has 0 spiro atoms. The Balaban J connectivity index is 1.94. The molecule has 29 heavy (non-hydrogen) atoms. The molecule has 1 aromatic rings. The van der Waals surface area contributed by atoms with Gasteiger partial charge >= 0.3 is 5.97 Å². The number of hydrogen-bond acceptors (Lipinski definition) is 5. The lowest BCUT2D eigenvalue weighted by Crippen LogP contribution is -2.56. The van der Waals surface area contributed by atoms with Gasteiger partial charge in [0.25, 0.3) is 5.91 Å². The van der Waals surface area contributed by atoms with Gasteiger partial charge in [-0.05, 0) is 61.6 Å². The van der Waals surface area contributed by atoms with Crippen LogP contribution in [-0.2, 0) is 16.0 Å². The third kappa shape index (κ3) is 6.28. The van der Waals surface area contributed by atoms with Crippen LogP contribution < -0.4 is 5.32 Å². The third-order valence-corrected chi connectivity index (χ3v) is 5.76. The number of aliphatic hydroxyl groups is 2. The Kier molecular flexibility index (Phi) is 8.23. The fraction of sp³-hybridized carbons (Fsp3) is 0.652. The smallest absolute Gasteiger partial charge is 0.338 e. The molecule has 0 unspecified atom stereocenters. The van der Waals surface area contributed by atoms with Crippen LogP contribution in [-0.4, -0.2) is 46.9 Å². The van der Waals surface area contributed by atoms with E-state index in [0.717, 1.165) is 18.4 Å². The zero-order valence-corrected chi connectivity index (χ0v) is 18.0. The van der Waals surface area contributed by atoms with E-state index >= 15 is 0 Å². The number of hydrogen-bond donors (Lipinski definition) is 3. The summed E-state index contributed by atoms with van der Waals surface area (Å²) in [6, 6.07) is 7.03. The van der Waals surface area contributed by atoms with E-state index in [4.69, 9.17) is 4.74 Å². The molecular formula is C23H35NO5. The lowest BCUT2D eigenvalue weighted by atomic mass is 9.66. The highest BCUT2D eigenvalue weighted by Crippen LogP contribution is 2.41. The second-order valence-electron chi connectivity index (χ2n) is 8.82. The van der Waals surface area contributed by atoms with Gasteiger partial charge in [-0.3, -0.25) is 4.79 Å². The molecule has 0 saturated heterocycles. The van der Waals surface area contributed by atoms with Gasteiger partial charge in [0.1, 0.15) is 12.2 Å². The molecule has 6 heteroatoms. The third-order valence-electron chi connectivity index (χ3n) is 5.76. The molecule has 4 atom stereocenters. The first-order valence-corrected chi connectivity index (χ1v) is 10.6. The van der Waals surface area contributed by atoms with Crippen LogP contribution in [0.1, 0.15) is 62.9 Å². The molecule has 0 aromatic heterocycles. The van der Waals surface area contributed by atoms with E-state index < -0.39 is 17.7 Å². The van der Waals surface area contributed by atoms with Gasteiger partial charge in [0.2, 0.25) is 0 Å². The molecule has 6 nitrogen and oxygen atoms in total. The molecule has 3 N–H and O–H groups in total. The predicted octanol–water partition coefficient (Wildman–Crippen LogP) is 2.71. The standard InChI is InChI=1S/C23H35NO5/c1-15(2)20-9-8-16(3)13-23(20,28)22(27)24-11-10-18-6-5-7-19(12-18)21(26)29-14-17(4)25/h5-7,12,15-17,20,25,28H,8-11,13-14H2,1-4H3,(H,24,27)/t16-,17+,20+,23+/m1/s1. The zero-order valence-electron chi connectivity index (χ0n) is 18.0. The van der Waals surface area contributed by atoms with Crippen LogP contribution in [0.3, 0.4) is 0 Å². The molecule has 1 aliphatic carbocycles. The molecule has 1 saturated carbocycles. The number of amides is 1. The van der Waals surface area contributed by atoms with Crippen LogP contribution >= 0.6 is 0 Å². The summed E-state index contributed by atoms with van der Waals surface area (Å²) >= 11 is 0. The van der Waals surface area contributed by atoms with E-state index in [1.807, 2.05) is 6.07 Å². The van der Waals surface area contributed by atoms with Crippen molar-refractivity contribution in [1.29, 1.82) is 0 Å². The molecule has 1 fully saturated rings. The van der Waals surface area contributed by atoms with Gasteiger partial charge in [0.15, 0.2) is 0 Å². The van der Waals surface area contributed by atoms with Gasteiger partial charge in [-0.15, -0.1) is 0 Å². The fourth-order valence-electron chi connectivity index (χ4n) is 4.24. The largest absolute Gasteiger partial charge is 0.459 e. The van der Waals surface area contributed by atoms with Crippen LogP contribution in [0.25, 0.3) is 0 Å². The molecule has 0 bridgehead atoms. The predicted molar refractivity (Wildman–Crippen MR) is 111 cm³/mol. The quantitative estimate of drug-likeness (QED) is 0.578. The maximum Gasteiger partial charge on any atom is 0.338 e. The normalized spacial score (nSPS) is 25.5. The van der Waals surface area contributed by atoms with E-state index in [1.54, 1.807) is 25.1 Å². The van der Waals surface area contributed by atoms with Gasteiger partial charge in [-0.2, -0.15) is 0 Å². The number of rotatable bonds is 8. The van der Waals surface area contributed by atoms with E-state index in [2.05, 4.69) is 26.1 Å². The highest BCUT2D eigenvalue weighted by atomic mass is 16.5. The number of aliphatic hydroxyl groups excluding tert-OH is 1. The number of esters is 1. The summed E-state index contributed by atoms with van der Waals surface area (Å²) in [7, 11) is 0. The molecule has 0 heterocycles. The molecule has 1 aliphatic rings. The zero-order chi connectivity index (χ0) is 21.6. The number of carbonyl (C=O) groups is 2. The minimum absolute atomic E-state index is 0.0364. The summed E-state index contributed by atoms with van der Waals surface area (Å²) < 4.78 is 5.03. The Bertz CT molecular complexity index is 702. The highest BCUT2D eigenvalue weighted by Gasteiger charge is 2.48. The monoisotopic (exact) mass is 405 g/mol. The Labute approximate surface area is 173 Å². The average molecular weight is 406 g/mol. The molecular weight excluding hydrogens is 370 g/mol. The summed E-state index contributed by atoms with van der Waals surface area (Å²) in [5, 5.41) is 23.3. The summed E-state index contributed by atoms with van der Waals surface area (Å²) in [6.45, 7) is 8.08. The lowest BCUT2D eigenvalue weighted by molar-refractivity contribution is -0.155. The van der Waals surface area contributed by atoms with Crippen LogP contribution in [0, 0.1) is 17.8 Å². The van der Waals surface area contributed by atoms with E-state index in [9.17, 15) is 19.8 Å². The van der Waals surface area contributed by atoms with Crippen LogP contribution in [0.2, 0.25) is 0 Å². The number of nitrogens with one attached hydrogen (secondary N) is 1. The number of benzene rings is 1. The van der Waals surface area contributed by atoms with Gasteiger partial charge < -0.3 is 20.3 Å². The van der Waals surface area contributed by atoms with Gasteiger partial charge in [0.05, 0.1) is 11.7 Å². The molecule has 162 valence electrons. The van der Waals surface area contributed by atoms with Crippen molar-refractivity contribution in [3.8, 4) is 0 Å². The van der Waals surface area contributed by atoms with E-state index in [-0.39, 0.29) is 24.3 Å². The van der Waals surface area contributed by atoms with Crippen molar-refractivity contribution in [3.63, 3.8) is 0 Å². The van der Waals surface area contributed by atoms with Crippen LogP contribution in [0.5, 0.6) is 0 Å². The molecule has 1 amide bonds. The SMILES string of the molecule is CC(C)[C@@H]1CC[C@@H](C)C[C@@]1(O)C(=O)NCCc1cccc(C(=O)OC[C@H](C)O)c1. The van der Waals surface area contributed by atoms with Crippen molar-refractivity contribution in [1.82, 2.24) is 5.32 Å². The number of ether oxygens (including phenoxy) is 1. The van der Waals surface area contributed by atoms with Crippen molar-refractivity contribution in [2.24, 2.45) is 17.8 Å². The Morgan fingerprint density at radius 1 is 1.28 bits per heavy atom. The Morgan fingerprint density at radius 3 is 2.66 bits per heavy atom. The topological polar surface area (TPSA) is 95.9 Å². The maximum atomic E-state index is 12.8. The maximum absolute atomic E-state index is 12.8. The highest BCUT2D eigenvalue weighted by molar-refractivity contribution is 5.89. The van der Waals surface area contributed by atoms with Crippen molar-refractivity contribution in [3.05, 3.63) is 35.4 Å². The van der Waals surface area contributed by atoms with Gasteiger partial charge in [-0.1, -0.05) is 39.3 Å². The van der Waals surface area contributed by atoms with Crippen molar-refractivity contribution in [2.75, 3.05) is 13.2 Å². The fourth-order valence-corrected chi connectivity index (χ4v) is 4.24. The summed E-state index contributed by atoms with van der Waals surface area (Å²) in [4.78, 5) is 24.9. The second-order valence-corrected chi connectivity index (χ2v) is 8.82. The Hall–Kier alpha value is -1.92. The van der Waals surface area contributed by atoms with Crippen LogP contribution in [0.4, 0.5) is 0 Å². The molecule has 2 rings (SSSR count). The first kappa shape index (κ1) is 23.4. The van der Waals surface area contributed by atoms with E-state index in [1.165, 1.54) is 0 Å². The molecule has 1 aromatic carbocycles.